The highest BCUT2D eigenvalue weighted by Crippen LogP contribution is 2.25. The summed E-state index contributed by atoms with van der Waals surface area (Å²) in [4.78, 5) is 23.0. The van der Waals surface area contributed by atoms with E-state index >= 15 is 0 Å². The van der Waals surface area contributed by atoms with E-state index in [0.717, 1.165) is 18.6 Å². The molecular formula is C17H15BrN4O3. The van der Waals surface area contributed by atoms with Crippen LogP contribution in [-0.2, 0) is 4.74 Å². The van der Waals surface area contributed by atoms with Gasteiger partial charge in [-0.2, -0.15) is 4.98 Å². The van der Waals surface area contributed by atoms with Gasteiger partial charge in [0.1, 0.15) is 15.8 Å². The van der Waals surface area contributed by atoms with Gasteiger partial charge in [0, 0.05) is 24.8 Å². The molecule has 3 heterocycles. The van der Waals surface area contributed by atoms with E-state index in [2.05, 4.69) is 31.2 Å². The van der Waals surface area contributed by atoms with Crippen molar-refractivity contribution in [3.05, 3.63) is 46.7 Å². The molecule has 128 valence electrons. The van der Waals surface area contributed by atoms with Crippen LogP contribution in [0, 0.1) is 0 Å². The van der Waals surface area contributed by atoms with Gasteiger partial charge < -0.3 is 19.4 Å². The standard InChI is InChI=1S/C17H15BrN4O3/c18-15-3-1-2-13(20-15)16(23)19-11-4-5-12-14(10-11)25-17(21-12)22-6-8-24-9-7-22/h1-5,10H,6-9H2,(H,19,23). The number of amides is 1. The highest BCUT2D eigenvalue weighted by molar-refractivity contribution is 9.10. The molecule has 0 unspecified atom stereocenters. The molecular weight excluding hydrogens is 388 g/mol. The summed E-state index contributed by atoms with van der Waals surface area (Å²) in [5.74, 6) is -0.284. The summed E-state index contributed by atoms with van der Waals surface area (Å²) in [6.07, 6.45) is 0. The summed E-state index contributed by atoms with van der Waals surface area (Å²) >= 11 is 3.26. The number of hydrogen-bond donors (Lipinski definition) is 1. The fourth-order valence-electron chi connectivity index (χ4n) is 2.61. The Bertz CT molecular complexity index is 921. The number of anilines is 2. The van der Waals surface area contributed by atoms with Crippen LogP contribution in [0.4, 0.5) is 11.7 Å². The molecule has 1 saturated heterocycles. The van der Waals surface area contributed by atoms with E-state index in [1.54, 1.807) is 30.3 Å². The predicted molar refractivity (Wildman–Crippen MR) is 96.9 cm³/mol. The molecule has 25 heavy (non-hydrogen) atoms. The number of oxazole rings is 1. The van der Waals surface area contributed by atoms with Gasteiger partial charge in [-0.3, -0.25) is 4.79 Å². The van der Waals surface area contributed by atoms with Crippen LogP contribution in [0.1, 0.15) is 10.5 Å². The zero-order valence-corrected chi connectivity index (χ0v) is 14.8. The summed E-state index contributed by atoms with van der Waals surface area (Å²) < 4.78 is 11.8. The normalized spacial score (nSPS) is 14.7. The number of rotatable bonds is 3. The smallest absolute Gasteiger partial charge is 0.298 e. The van der Waals surface area contributed by atoms with Gasteiger partial charge >= 0.3 is 0 Å². The molecule has 1 fully saturated rings. The molecule has 1 amide bonds. The van der Waals surface area contributed by atoms with Crippen molar-refractivity contribution in [1.82, 2.24) is 9.97 Å². The van der Waals surface area contributed by atoms with Crippen LogP contribution in [-0.4, -0.2) is 42.2 Å². The molecule has 0 saturated carbocycles. The first kappa shape index (κ1) is 16.0. The molecule has 1 aliphatic heterocycles. The largest absolute Gasteiger partial charge is 0.423 e. The van der Waals surface area contributed by atoms with Gasteiger partial charge in [-0.15, -0.1) is 0 Å². The number of morpholine rings is 1. The van der Waals surface area contributed by atoms with Gasteiger partial charge in [-0.05, 0) is 40.2 Å². The van der Waals surface area contributed by atoms with Crippen molar-refractivity contribution in [1.29, 1.82) is 0 Å². The van der Waals surface area contributed by atoms with Crippen LogP contribution in [0.2, 0.25) is 0 Å². The monoisotopic (exact) mass is 402 g/mol. The molecule has 3 aromatic rings. The van der Waals surface area contributed by atoms with Gasteiger partial charge in [0.15, 0.2) is 5.58 Å². The second-order valence-corrected chi connectivity index (χ2v) is 6.39. The van der Waals surface area contributed by atoms with Crippen molar-refractivity contribution >= 4 is 44.6 Å². The minimum Gasteiger partial charge on any atom is -0.423 e. The molecule has 1 aliphatic rings. The molecule has 0 spiro atoms. The van der Waals surface area contributed by atoms with Crippen LogP contribution in [0.15, 0.2) is 45.4 Å². The zero-order chi connectivity index (χ0) is 17.2. The summed E-state index contributed by atoms with van der Waals surface area (Å²) in [6.45, 7) is 2.84. The maximum absolute atomic E-state index is 12.3. The number of hydrogen-bond acceptors (Lipinski definition) is 6. The molecule has 8 heteroatoms. The minimum absolute atomic E-state index is 0.284. The van der Waals surface area contributed by atoms with E-state index < -0.39 is 0 Å². The van der Waals surface area contributed by atoms with Crippen molar-refractivity contribution in [3.63, 3.8) is 0 Å². The lowest BCUT2D eigenvalue weighted by atomic mass is 10.2. The average molecular weight is 403 g/mol. The van der Waals surface area contributed by atoms with Crippen LogP contribution in [0.25, 0.3) is 11.1 Å². The number of ether oxygens (including phenoxy) is 1. The Kier molecular flexibility index (Phi) is 4.37. The fourth-order valence-corrected chi connectivity index (χ4v) is 2.95. The molecule has 2 aromatic heterocycles. The third kappa shape index (κ3) is 3.49. The highest BCUT2D eigenvalue weighted by Gasteiger charge is 2.17. The highest BCUT2D eigenvalue weighted by atomic mass is 79.9. The molecule has 0 bridgehead atoms. The lowest BCUT2D eigenvalue weighted by Gasteiger charge is -2.24. The second-order valence-electron chi connectivity index (χ2n) is 5.58. The van der Waals surface area contributed by atoms with E-state index in [1.807, 2.05) is 11.0 Å². The number of nitrogens with zero attached hydrogens (tertiary/aromatic N) is 3. The molecule has 4 rings (SSSR count). The number of benzene rings is 1. The molecule has 0 aliphatic carbocycles. The van der Waals surface area contributed by atoms with Gasteiger partial charge in [0.25, 0.3) is 11.9 Å². The first-order chi connectivity index (χ1) is 12.2. The summed E-state index contributed by atoms with van der Waals surface area (Å²) in [6, 6.07) is 11.2. The SMILES string of the molecule is O=C(Nc1ccc2nc(N3CCOCC3)oc2c1)c1cccc(Br)n1. The third-order valence-electron chi connectivity index (χ3n) is 3.86. The van der Waals surface area contributed by atoms with Crippen LogP contribution < -0.4 is 10.2 Å². The topological polar surface area (TPSA) is 80.5 Å². The maximum Gasteiger partial charge on any atom is 0.298 e. The number of nitrogens with one attached hydrogen (secondary N) is 1. The van der Waals surface area contributed by atoms with Crippen molar-refractivity contribution in [2.24, 2.45) is 0 Å². The quantitative estimate of drug-likeness (QED) is 0.678. The Morgan fingerprint density at radius 2 is 2.00 bits per heavy atom. The third-order valence-corrected chi connectivity index (χ3v) is 4.31. The summed E-state index contributed by atoms with van der Waals surface area (Å²) in [5.41, 5.74) is 2.34. The fraction of sp³-hybridized carbons (Fsp3) is 0.235. The van der Waals surface area contributed by atoms with Crippen molar-refractivity contribution in [2.45, 2.75) is 0 Å². The molecule has 1 aromatic carbocycles. The second kappa shape index (κ2) is 6.81. The van der Waals surface area contributed by atoms with E-state index in [4.69, 9.17) is 9.15 Å². The lowest BCUT2D eigenvalue weighted by molar-refractivity contribution is 0.102. The Hall–Kier alpha value is -2.45. The van der Waals surface area contributed by atoms with Gasteiger partial charge in [0.05, 0.1) is 13.2 Å². The van der Waals surface area contributed by atoms with E-state index in [-0.39, 0.29) is 5.91 Å². The number of carbonyl (C=O) groups is 1. The first-order valence-corrected chi connectivity index (χ1v) is 8.65. The molecule has 0 atom stereocenters. The molecule has 1 N–H and O–H groups in total. The summed E-state index contributed by atoms with van der Waals surface area (Å²) in [7, 11) is 0. The Balaban J connectivity index is 1.55. The maximum atomic E-state index is 12.3. The van der Waals surface area contributed by atoms with E-state index in [1.165, 1.54) is 0 Å². The van der Waals surface area contributed by atoms with Gasteiger partial charge in [-0.1, -0.05) is 6.07 Å². The van der Waals surface area contributed by atoms with Crippen LogP contribution in [0.5, 0.6) is 0 Å². The van der Waals surface area contributed by atoms with Crippen LogP contribution in [0.3, 0.4) is 0 Å². The van der Waals surface area contributed by atoms with Crippen molar-refractivity contribution in [3.8, 4) is 0 Å². The molecule has 7 nitrogen and oxygen atoms in total. The van der Waals surface area contributed by atoms with E-state index in [9.17, 15) is 4.79 Å². The minimum atomic E-state index is -0.284. The lowest BCUT2D eigenvalue weighted by Crippen LogP contribution is -2.36. The Morgan fingerprint density at radius 1 is 1.16 bits per heavy atom. The number of carbonyl (C=O) groups excluding carboxylic acids is 1. The molecule has 0 radical (unpaired) electrons. The van der Waals surface area contributed by atoms with Gasteiger partial charge in [0.2, 0.25) is 0 Å². The van der Waals surface area contributed by atoms with Gasteiger partial charge in [-0.25, -0.2) is 4.98 Å². The predicted octanol–water partition coefficient (Wildman–Crippen LogP) is 3.07. The van der Waals surface area contributed by atoms with Crippen LogP contribution >= 0.6 is 15.9 Å². The number of aromatic nitrogens is 2. The number of pyridine rings is 1. The zero-order valence-electron chi connectivity index (χ0n) is 13.2. The van der Waals surface area contributed by atoms with Crippen molar-refractivity contribution < 1.29 is 13.9 Å². The first-order valence-electron chi connectivity index (χ1n) is 7.86. The number of fused-ring (bicyclic) bond motifs is 1. The van der Waals surface area contributed by atoms with E-state index in [0.29, 0.717) is 40.8 Å². The average Bonchev–Trinajstić information content (AvgIpc) is 3.06. The Morgan fingerprint density at radius 3 is 2.80 bits per heavy atom. The number of halogens is 1. The van der Waals surface area contributed by atoms with Crippen molar-refractivity contribution in [2.75, 3.05) is 36.5 Å². The summed E-state index contributed by atoms with van der Waals surface area (Å²) in [5, 5.41) is 2.82. The Labute approximate surface area is 152 Å².